The summed E-state index contributed by atoms with van der Waals surface area (Å²) in [4.78, 5) is 27.2. The molecule has 0 radical (unpaired) electrons. The number of pyridine rings is 1. The Hall–Kier alpha value is -2.89. The Kier molecular flexibility index (Phi) is 4.50. The average molecular weight is 284 g/mol. The lowest BCUT2D eigenvalue weighted by atomic mass is 10.1. The first kappa shape index (κ1) is 14.5. The van der Waals surface area contributed by atoms with E-state index in [4.69, 9.17) is 5.73 Å². The Morgan fingerprint density at radius 3 is 2.52 bits per heavy atom. The highest BCUT2D eigenvalue weighted by atomic mass is 16.2. The minimum Gasteiger partial charge on any atom is -0.397 e. The molecule has 1 heterocycles. The molecule has 0 spiro atoms. The van der Waals surface area contributed by atoms with Crippen molar-refractivity contribution in [1.82, 2.24) is 10.3 Å². The predicted octanol–water partition coefficient (Wildman–Crippen LogP) is 1.20. The number of carbonyl (C=O) groups excluding carboxylic acids is 2. The molecule has 0 saturated carbocycles. The molecular formula is C15H16N4O2. The van der Waals surface area contributed by atoms with Crippen molar-refractivity contribution >= 4 is 23.2 Å². The van der Waals surface area contributed by atoms with Crippen molar-refractivity contribution in [3.8, 4) is 0 Å². The van der Waals surface area contributed by atoms with Gasteiger partial charge in [0.15, 0.2) is 5.69 Å². The van der Waals surface area contributed by atoms with Gasteiger partial charge in [-0.15, -0.1) is 0 Å². The van der Waals surface area contributed by atoms with Crippen molar-refractivity contribution in [1.29, 1.82) is 0 Å². The Morgan fingerprint density at radius 1 is 1.19 bits per heavy atom. The van der Waals surface area contributed by atoms with Gasteiger partial charge in [-0.1, -0.05) is 12.1 Å². The molecule has 4 N–H and O–H groups in total. The molecule has 0 unspecified atom stereocenters. The largest absolute Gasteiger partial charge is 0.397 e. The van der Waals surface area contributed by atoms with Crippen LogP contribution in [0.4, 0.5) is 11.4 Å². The molecule has 0 saturated heterocycles. The lowest BCUT2D eigenvalue weighted by Crippen LogP contribution is -2.20. The molecule has 0 fully saturated rings. The molecule has 0 atom stereocenters. The Morgan fingerprint density at radius 2 is 1.90 bits per heavy atom. The number of hydrogen-bond acceptors (Lipinski definition) is 4. The van der Waals surface area contributed by atoms with Gasteiger partial charge in [-0.25, -0.2) is 4.98 Å². The zero-order valence-corrected chi connectivity index (χ0v) is 11.6. The number of rotatable bonds is 4. The van der Waals surface area contributed by atoms with Crippen LogP contribution in [0.5, 0.6) is 0 Å². The molecule has 2 amide bonds. The molecule has 1 aromatic carbocycles. The number of aromatic nitrogens is 1. The summed E-state index contributed by atoms with van der Waals surface area (Å²) in [6, 6.07) is 10.3. The maximum atomic E-state index is 12.0. The van der Waals surface area contributed by atoms with Crippen LogP contribution in [-0.4, -0.2) is 23.8 Å². The standard InChI is InChI=1S/C15H16N4O2/c1-17-13(20)9-10-4-6-11(7-5-10)19-15(21)14-12(16)3-2-8-18-14/h2-8H,9,16H2,1H3,(H,17,20)(H,19,21). The van der Waals surface area contributed by atoms with Gasteiger partial charge >= 0.3 is 0 Å². The summed E-state index contributed by atoms with van der Waals surface area (Å²) in [5, 5.41) is 5.27. The molecule has 6 nitrogen and oxygen atoms in total. The van der Waals surface area contributed by atoms with Crippen molar-refractivity contribution in [2.75, 3.05) is 18.1 Å². The van der Waals surface area contributed by atoms with E-state index >= 15 is 0 Å². The fourth-order valence-electron chi connectivity index (χ4n) is 1.78. The number of nitrogens with zero attached hydrogens (tertiary/aromatic N) is 1. The van der Waals surface area contributed by atoms with Crippen molar-refractivity contribution in [3.05, 3.63) is 53.9 Å². The molecule has 0 aliphatic carbocycles. The lowest BCUT2D eigenvalue weighted by Gasteiger charge is -2.07. The van der Waals surface area contributed by atoms with Gasteiger partial charge in [0, 0.05) is 18.9 Å². The molecule has 108 valence electrons. The minimum absolute atomic E-state index is 0.0620. The van der Waals surface area contributed by atoms with Gasteiger partial charge in [-0.2, -0.15) is 0 Å². The minimum atomic E-state index is -0.368. The Balaban J connectivity index is 2.05. The highest BCUT2D eigenvalue weighted by Crippen LogP contribution is 2.13. The third-order valence-electron chi connectivity index (χ3n) is 2.91. The van der Waals surface area contributed by atoms with Crippen LogP contribution in [0.2, 0.25) is 0 Å². The number of nitrogen functional groups attached to an aromatic ring is 1. The smallest absolute Gasteiger partial charge is 0.276 e. The topological polar surface area (TPSA) is 97.1 Å². The van der Waals surface area contributed by atoms with E-state index in [2.05, 4.69) is 15.6 Å². The number of carbonyl (C=O) groups is 2. The second-order valence-electron chi connectivity index (χ2n) is 4.44. The van der Waals surface area contributed by atoms with Crippen LogP contribution in [0.1, 0.15) is 16.1 Å². The van der Waals surface area contributed by atoms with Crippen LogP contribution in [0.15, 0.2) is 42.6 Å². The highest BCUT2D eigenvalue weighted by Gasteiger charge is 2.11. The van der Waals surface area contributed by atoms with Crippen LogP contribution in [0.25, 0.3) is 0 Å². The van der Waals surface area contributed by atoms with Gasteiger partial charge in [-0.05, 0) is 29.8 Å². The molecule has 21 heavy (non-hydrogen) atoms. The Labute approximate surface area is 122 Å². The molecule has 1 aromatic heterocycles. The normalized spacial score (nSPS) is 9.95. The van der Waals surface area contributed by atoms with Crippen LogP contribution in [0, 0.1) is 0 Å². The van der Waals surface area contributed by atoms with E-state index in [1.807, 2.05) is 0 Å². The first-order chi connectivity index (χ1) is 10.1. The predicted molar refractivity (Wildman–Crippen MR) is 80.8 cm³/mol. The van der Waals surface area contributed by atoms with Crippen LogP contribution in [0.3, 0.4) is 0 Å². The van der Waals surface area contributed by atoms with E-state index in [1.165, 1.54) is 6.20 Å². The summed E-state index contributed by atoms with van der Waals surface area (Å²) in [5.41, 5.74) is 7.70. The fourth-order valence-corrected chi connectivity index (χ4v) is 1.78. The monoisotopic (exact) mass is 284 g/mol. The molecule has 2 aromatic rings. The van der Waals surface area contributed by atoms with Gasteiger partial charge in [0.1, 0.15) is 0 Å². The number of amides is 2. The van der Waals surface area contributed by atoms with Crippen molar-refractivity contribution in [3.63, 3.8) is 0 Å². The van der Waals surface area contributed by atoms with E-state index in [9.17, 15) is 9.59 Å². The fraction of sp³-hybridized carbons (Fsp3) is 0.133. The van der Waals surface area contributed by atoms with Crippen molar-refractivity contribution in [2.24, 2.45) is 0 Å². The van der Waals surface area contributed by atoms with Gasteiger partial charge in [-0.3, -0.25) is 9.59 Å². The summed E-state index contributed by atoms with van der Waals surface area (Å²) in [7, 11) is 1.59. The van der Waals surface area contributed by atoms with E-state index in [1.54, 1.807) is 43.4 Å². The maximum absolute atomic E-state index is 12.0. The number of benzene rings is 1. The second-order valence-corrected chi connectivity index (χ2v) is 4.44. The SMILES string of the molecule is CNC(=O)Cc1ccc(NC(=O)c2ncccc2N)cc1. The first-order valence-corrected chi connectivity index (χ1v) is 6.41. The number of nitrogens with two attached hydrogens (primary N) is 1. The first-order valence-electron chi connectivity index (χ1n) is 6.41. The van der Waals surface area contributed by atoms with Crippen LogP contribution < -0.4 is 16.4 Å². The third-order valence-corrected chi connectivity index (χ3v) is 2.91. The van der Waals surface area contributed by atoms with Gasteiger partial charge in [0.05, 0.1) is 12.1 Å². The molecule has 2 rings (SSSR count). The number of nitrogens with one attached hydrogen (secondary N) is 2. The van der Waals surface area contributed by atoms with Crippen molar-refractivity contribution in [2.45, 2.75) is 6.42 Å². The molecule has 0 aliphatic rings. The lowest BCUT2D eigenvalue weighted by molar-refractivity contribution is -0.119. The van der Waals surface area contributed by atoms with Gasteiger partial charge < -0.3 is 16.4 Å². The molecule has 0 aliphatic heterocycles. The summed E-state index contributed by atoms with van der Waals surface area (Å²) in [6.45, 7) is 0. The summed E-state index contributed by atoms with van der Waals surface area (Å²) >= 11 is 0. The van der Waals surface area contributed by atoms with E-state index in [0.29, 0.717) is 17.8 Å². The Bertz CT molecular complexity index is 653. The maximum Gasteiger partial charge on any atom is 0.276 e. The summed E-state index contributed by atoms with van der Waals surface area (Å²) in [6.07, 6.45) is 1.82. The van der Waals surface area contributed by atoms with E-state index in [0.717, 1.165) is 5.56 Å². The summed E-state index contributed by atoms with van der Waals surface area (Å²) < 4.78 is 0. The van der Waals surface area contributed by atoms with Gasteiger partial charge in [0.25, 0.3) is 5.91 Å². The van der Waals surface area contributed by atoms with E-state index < -0.39 is 0 Å². The van der Waals surface area contributed by atoms with E-state index in [-0.39, 0.29) is 17.5 Å². The number of anilines is 2. The average Bonchev–Trinajstić information content (AvgIpc) is 2.49. The van der Waals surface area contributed by atoms with Crippen LogP contribution in [-0.2, 0) is 11.2 Å². The van der Waals surface area contributed by atoms with Crippen molar-refractivity contribution < 1.29 is 9.59 Å². The van der Waals surface area contributed by atoms with Gasteiger partial charge in [0.2, 0.25) is 5.91 Å². The molecular weight excluding hydrogens is 268 g/mol. The number of likely N-dealkylation sites (N-methyl/N-ethyl adjacent to an activating group) is 1. The van der Waals surface area contributed by atoms with Crippen LogP contribution >= 0.6 is 0 Å². The third kappa shape index (κ3) is 3.79. The zero-order chi connectivity index (χ0) is 15.2. The highest BCUT2D eigenvalue weighted by molar-refractivity contribution is 6.06. The second kappa shape index (κ2) is 6.51. The molecule has 6 heteroatoms. The zero-order valence-electron chi connectivity index (χ0n) is 11.6. The quantitative estimate of drug-likeness (QED) is 0.786. The summed E-state index contributed by atoms with van der Waals surface area (Å²) in [5.74, 6) is -0.430. The number of hydrogen-bond donors (Lipinski definition) is 3. The molecule has 0 bridgehead atoms.